The van der Waals surface area contributed by atoms with E-state index in [2.05, 4.69) is 22.3 Å². The van der Waals surface area contributed by atoms with Crippen LogP contribution >= 0.6 is 0 Å². The standard InChI is InChI=1S/C30H32FN5O/c1-3-21-6-4-8-25(17-21)36-28(16-20(2)35-36)29(37)34-27-18-23(11-12-26(27)31)30(32,14-13-22-9-10-22)24-7-5-15-33-19-24/h4-8,11-12,15-19,22H,3,9-10,13-14,32H2,1-2H3,(H,34,37). The van der Waals surface area contributed by atoms with E-state index in [1.165, 1.54) is 18.9 Å². The lowest BCUT2D eigenvalue weighted by molar-refractivity contribution is 0.101. The minimum absolute atomic E-state index is 0.0837. The van der Waals surface area contributed by atoms with Gasteiger partial charge in [0.15, 0.2) is 0 Å². The number of aryl methyl sites for hydroxylation is 2. The molecule has 37 heavy (non-hydrogen) atoms. The molecule has 6 nitrogen and oxygen atoms in total. The van der Waals surface area contributed by atoms with Crippen LogP contribution in [0.5, 0.6) is 0 Å². The molecule has 5 rings (SSSR count). The van der Waals surface area contributed by atoms with Gasteiger partial charge in [0.05, 0.1) is 22.6 Å². The van der Waals surface area contributed by atoms with Crippen molar-refractivity contribution in [3.63, 3.8) is 0 Å². The fraction of sp³-hybridized carbons (Fsp3) is 0.300. The first-order valence-corrected chi connectivity index (χ1v) is 12.8. The third-order valence-electron chi connectivity index (χ3n) is 7.18. The maximum atomic E-state index is 15.0. The van der Waals surface area contributed by atoms with E-state index in [0.29, 0.717) is 23.7 Å². The van der Waals surface area contributed by atoms with Gasteiger partial charge < -0.3 is 11.1 Å². The number of nitrogens with one attached hydrogen (secondary N) is 1. The zero-order chi connectivity index (χ0) is 26.0. The molecule has 1 aliphatic carbocycles. The monoisotopic (exact) mass is 497 g/mol. The highest BCUT2D eigenvalue weighted by Crippen LogP contribution is 2.40. The average molecular weight is 498 g/mol. The molecule has 190 valence electrons. The van der Waals surface area contributed by atoms with Gasteiger partial charge in [0.2, 0.25) is 0 Å². The van der Waals surface area contributed by atoms with E-state index in [0.717, 1.165) is 35.2 Å². The Hall–Kier alpha value is -3.84. The Balaban J connectivity index is 1.47. The molecule has 1 atom stereocenters. The lowest BCUT2D eigenvalue weighted by atomic mass is 9.80. The number of hydrogen-bond donors (Lipinski definition) is 2. The molecule has 0 spiro atoms. The molecule has 1 saturated carbocycles. The predicted molar refractivity (Wildman–Crippen MR) is 143 cm³/mol. The van der Waals surface area contributed by atoms with E-state index in [1.807, 2.05) is 43.3 Å². The molecule has 0 aliphatic heterocycles. The minimum atomic E-state index is -0.844. The van der Waals surface area contributed by atoms with Crippen LogP contribution in [-0.4, -0.2) is 20.7 Å². The lowest BCUT2D eigenvalue weighted by Gasteiger charge is -2.31. The second-order valence-electron chi connectivity index (χ2n) is 9.95. The summed E-state index contributed by atoms with van der Waals surface area (Å²) < 4.78 is 16.6. The van der Waals surface area contributed by atoms with Crippen LogP contribution in [0.2, 0.25) is 0 Å². The molecule has 1 unspecified atom stereocenters. The van der Waals surface area contributed by atoms with Crippen molar-refractivity contribution in [2.45, 2.75) is 51.5 Å². The zero-order valence-corrected chi connectivity index (χ0v) is 21.2. The van der Waals surface area contributed by atoms with Gasteiger partial charge in [-0.3, -0.25) is 9.78 Å². The smallest absolute Gasteiger partial charge is 0.274 e. The first-order chi connectivity index (χ1) is 17.9. The molecule has 2 aromatic heterocycles. The molecule has 1 amide bonds. The van der Waals surface area contributed by atoms with Gasteiger partial charge >= 0.3 is 0 Å². The maximum absolute atomic E-state index is 15.0. The van der Waals surface area contributed by atoms with Crippen molar-refractivity contribution < 1.29 is 9.18 Å². The quantitative estimate of drug-likeness (QED) is 0.300. The molecule has 2 heterocycles. The number of rotatable bonds is 9. The molecule has 0 bridgehead atoms. The Bertz CT molecular complexity index is 1410. The molecule has 7 heteroatoms. The molecule has 1 aliphatic rings. The number of amides is 1. The van der Waals surface area contributed by atoms with E-state index in [4.69, 9.17) is 5.73 Å². The van der Waals surface area contributed by atoms with E-state index >= 15 is 0 Å². The summed E-state index contributed by atoms with van der Waals surface area (Å²) in [4.78, 5) is 17.7. The summed E-state index contributed by atoms with van der Waals surface area (Å²) in [6.07, 6.45) is 8.49. The number of nitrogens with zero attached hydrogens (tertiary/aromatic N) is 3. The SMILES string of the molecule is CCc1cccc(-n2nc(C)cc2C(=O)Nc2cc(C(N)(CCC3CC3)c3cccnc3)ccc2F)c1. The van der Waals surface area contributed by atoms with Gasteiger partial charge in [-0.25, -0.2) is 9.07 Å². The summed E-state index contributed by atoms with van der Waals surface area (Å²) in [5, 5.41) is 7.29. The molecule has 3 N–H and O–H groups in total. The molecule has 4 aromatic rings. The molecule has 0 radical (unpaired) electrons. The number of pyridine rings is 1. The topological polar surface area (TPSA) is 85.8 Å². The Morgan fingerprint density at radius 1 is 1.14 bits per heavy atom. The van der Waals surface area contributed by atoms with E-state index in [-0.39, 0.29) is 5.69 Å². The average Bonchev–Trinajstić information content (AvgIpc) is 3.67. The van der Waals surface area contributed by atoms with Crippen molar-refractivity contribution in [3.8, 4) is 5.69 Å². The Morgan fingerprint density at radius 3 is 2.70 bits per heavy atom. The first kappa shape index (κ1) is 24.8. The molecule has 0 saturated heterocycles. The lowest BCUT2D eigenvalue weighted by Crippen LogP contribution is -2.38. The largest absolute Gasteiger partial charge is 0.318 e. The number of nitrogens with two attached hydrogens (primary N) is 1. The van der Waals surface area contributed by atoms with Crippen LogP contribution in [0.1, 0.15) is 65.5 Å². The fourth-order valence-corrected chi connectivity index (χ4v) is 4.77. The van der Waals surface area contributed by atoms with Gasteiger partial charge in [-0.1, -0.05) is 44.0 Å². The first-order valence-electron chi connectivity index (χ1n) is 12.8. The second-order valence-corrected chi connectivity index (χ2v) is 9.95. The maximum Gasteiger partial charge on any atom is 0.274 e. The van der Waals surface area contributed by atoms with Gasteiger partial charge in [0, 0.05) is 12.4 Å². The van der Waals surface area contributed by atoms with Crippen LogP contribution < -0.4 is 11.1 Å². The van der Waals surface area contributed by atoms with E-state index in [1.54, 1.807) is 35.3 Å². The number of hydrogen-bond acceptors (Lipinski definition) is 4. The molecular weight excluding hydrogens is 465 g/mol. The van der Waals surface area contributed by atoms with Crippen molar-refractivity contribution in [1.29, 1.82) is 0 Å². The van der Waals surface area contributed by atoms with Crippen molar-refractivity contribution in [3.05, 3.63) is 107 Å². The van der Waals surface area contributed by atoms with Crippen LogP contribution in [0.15, 0.2) is 73.1 Å². The number of carbonyl (C=O) groups excluding carboxylic acids is 1. The van der Waals surface area contributed by atoms with Gasteiger partial charge in [0.1, 0.15) is 11.5 Å². The van der Waals surface area contributed by atoms with Crippen LogP contribution in [0, 0.1) is 18.7 Å². The highest BCUT2D eigenvalue weighted by atomic mass is 19.1. The number of benzene rings is 2. The minimum Gasteiger partial charge on any atom is -0.318 e. The summed E-state index contributed by atoms with van der Waals surface area (Å²) in [7, 11) is 0. The number of carbonyl (C=O) groups is 1. The second kappa shape index (κ2) is 10.3. The van der Waals surface area contributed by atoms with E-state index < -0.39 is 17.3 Å². The summed E-state index contributed by atoms with van der Waals surface area (Å²) in [5.41, 5.74) is 10.8. The highest BCUT2D eigenvalue weighted by molar-refractivity contribution is 6.03. The van der Waals surface area contributed by atoms with Crippen LogP contribution in [0.4, 0.5) is 10.1 Å². The summed E-state index contributed by atoms with van der Waals surface area (Å²) in [6, 6.07) is 18.1. The zero-order valence-electron chi connectivity index (χ0n) is 21.2. The number of aromatic nitrogens is 3. The van der Waals surface area contributed by atoms with Crippen molar-refractivity contribution in [2.75, 3.05) is 5.32 Å². The van der Waals surface area contributed by atoms with Crippen LogP contribution in [0.25, 0.3) is 5.69 Å². The highest BCUT2D eigenvalue weighted by Gasteiger charge is 2.33. The summed E-state index contributed by atoms with van der Waals surface area (Å²) in [6.45, 7) is 3.90. The van der Waals surface area contributed by atoms with Crippen molar-refractivity contribution in [1.82, 2.24) is 14.8 Å². The molecule has 2 aromatic carbocycles. The molecular formula is C30H32FN5O. The van der Waals surface area contributed by atoms with Gasteiger partial charge in [-0.15, -0.1) is 0 Å². The Kier molecular flexibility index (Phi) is 6.89. The van der Waals surface area contributed by atoms with Crippen LogP contribution in [0.3, 0.4) is 0 Å². The van der Waals surface area contributed by atoms with E-state index in [9.17, 15) is 9.18 Å². The van der Waals surface area contributed by atoms with Gasteiger partial charge in [0.25, 0.3) is 5.91 Å². The summed E-state index contributed by atoms with van der Waals surface area (Å²) in [5.74, 6) is -0.280. The third-order valence-corrected chi connectivity index (χ3v) is 7.18. The Labute approximate surface area is 216 Å². The van der Waals surface area contributed by atoms with Crippen LogP contribution in [-0.2, 0) is 12.0 Å². The van der Waals surface area contributed by atoms with Crippen molar-refractivity contribution in [2.24, 2.45) is 11.7 Å². The van der Waals surface area contributed by atoms with Gasteiger partial charge in [-0.05, 0) is 85.2 Å². The predicted octanol–water partition coefficient (Wildman–Crippen LogP) is 5.92. The summed E-state index contributed by atoms with van der Waals surface area (Å²) >= 11 is 0. The normalized spacial score (nSPS) is 14.8. The third kappa shape index (κ3) is 5.32. The fourth-order valence-electron chi connectivity index (χ4n) is 4.77. The number of anilines is 1. The van der Waals surface area contributed by atoms with Gasteiger partial charge in [-0.2, -0.15) is 5.10 Å². The Morgan fingerprint density at radius 2 is 1.97 bits per heavy atom. The molecule has 1 fully saturated rings. The number of halogens is 1. The van der Waals surface area contributed by atoms with Crippen molar-refractivity contribution >= 4 is 11.6 Å².